The van der Waals surface area contributed by atoms with E-state index in [1.54, 1.807) is 11.1 Å². The highest BCUT2D eigenvalue weighted by molar-refractivity contribution is 7.71. The van der Waals surface area contributed by atoms with Crippen molar-refractivity contribution in [1.82, 2.24) is 9.97 Å². The maximum atomic E-state index is 4.74. The standard InChI is InChI=1S/C27H34N2P2.C26H44P2/c1-26(2)16-11-17-27(3,4)31(26)21-23-13-6-5-12-22(23)20-30(24-14-7-9-18-28-24)25-15-8-10-19-29-25;1-23(2)15-11-16-24(3,4)27(23)19-21-13-9-10-14-22(21)20-28-25(5,6)17-12-18-26(28,7)8/h5-10,12-15,18-19H,11,16-17,20-21H2,1-4H3;9-10,13-14H,11-12,15-20H2,1-8H3. The molecule has 3 saturated heterocycles. The van der Waals surface area contributed by atoms with E-state index in [1.807, 2.05) is 24.5 Å². The largest absolute Gasteiger partial charge is 0.256 e. The monoisotopic (exact) mass is 867 g/mol. The first-order chi connectivity index (χ1) is 27.7. The van der Waals surface area contributed by atoms with Crippen molar-refractivity contribution in [3.63, 3.8) is 0 Å². The van der Waals surface area contributed by atoms with Gasteiger partial charge in [-0.05, 0) is 134 Å². The average molecular weight is 867 g/mol. The molecule has 320 valence electrons. The van der Waals surface area contributed by atoms with E-state index in [-0.39, 0.29) is 23.8 Å². The van der Waals surface area contributed by atoms with E-state index in [2.05, 4.69) is 156 Å². The van der Waals surface area contributed by atoms with Crippen molar-refractivity contribution in [3.05, 3.63) is 120 Å². The molecule has 5 heterocycles. The van der Waals surface area contributed by atoms with Crippen LogP contribution in [0, 0.1) is 0 Å². The Morgan fingerprint density at radius 2 is 0.661 bits per heavy atom. The molecular weight excluding hydrogens is 788 g/mol. The zero-order chi connectivity index (χ0) is 42.7. The first-order valence-corrected chi connectivity index (χ1v) is 28.9. The Balaban J connectivity index is 0.000000199. The average Bonchev–Trinajstić information content (AvgIpc) is 3.16. The van der Waals surface area contributed by atoms with E-state index in [9.17, 15) is 0 Å². The highest BCUT2D eigenvalue weighted by atomic mass is 31.1. The summed E-state index contributed by atoms with van der Waals surface area (Å²) in [4.78, 5) is 9.47. The van der Waals surface area contributed by atoms with Crippen molar-refractivity contribution < 1.29 is 0 Å². The van der Waals surface area contributed by atoms with Crippen molar-refractivity contribution >= 4 is 42.6 Å². The van der Waals surface area contributed by atoms with Gasteiger partial charge >= 0.3 is 0 Å². The predicted octanol–water partition coefficient (Wildman–Crippen LogP) is 16.0. The predicted molar refractivity (Wildman–Crippen MR) is 269 cm³/mol. The third kappa shape index (κ3) is 11.5. The fraction of sp³-hybridized carbons (Fsp3) is 0.585. The first-order valence-electron chi connectivity index (χ1n) is 22.8. The quantitative estimate of drug-likeness (QED) is 0.148. The van der Waals surface area contributed by atoms with E-state index in [4.69, 9.17) is 9.97 Å². The van der Waals surface area contributed by atoms with E-state index in [1.165, 1.54) is 87.4 Å². The topological polar surface area (TPSA) is 25.8 Å². The summed E-state index contributed by atoms with van der Waals surface area (Å²) in [6.45, 7) is 30.5. The molecular formula is C53H78N2P4. The summed E-state index contributed by atoms with van der Waals surface area (Å²) >= 11 is 0. The molecule has 0 bridgehead atoms. The molecule has 0 atom stereocenters. The molecule has 0 spiro atoms. The number of benzene rings is 2. The molecule has 3 fully saturated rings. The molecule has 6 heteroatoms. The fourth-order valence-corrected chi connectivity index (χ4v) is 25.3. The van der Waals surface area contributed by atoms with Crippen LogP contribution >= 0.6 is 31.7 Å². The summed E-state index contributed by atoms with van der Waals surface area (Å²) < 4.78 is 0. The molecule has 4 aromatic rings. The van der Waals surface area contributed by atoms with Crippen molar-refractivity contribution in [1.29, 1.82) is 0 Å². The van der Waals surface area contributed by atoms with Gasteiger partial charge in [0.25, 0.3) is 0 Å². The van der Waals surface area contributed by atoms with Crippen LogP contribution in [0.1, 0.15) is 163 Å². The molecule has 59 heavy (non-hydrogen) atoms. The Hall–Kier alpha value is -1.54. The molecule has 0 amide bonds. The molecule has 2 aromatic heterocycles. The molecule has 0 aliphatic carbocycles. The maximum Gasteiger partial charge on any atom is 0.0695 e. The maximum absolute atomic E-state index is 4.74. The van der Waals surface area contributed by atoms with Gasteiger partial charge in [-0.25, -0.2) is 0 Å². The van der Waals surface area contributed by atoms with Gasteiger partial charge in [0, 0.05) is 26.5 Å². The van der Waals surface area contributed by atoms with E-state index < -0.39 is 7.92 Å². The number of rotatable bonds is 10. The lowest BCUT2D eigenvalue weighted by Gasteiger charge is -2.51. The lowest BCUT2D eigenvalue weighted by molar-refractivity contribution is 0.464. The molecule has 2 aromatic carbocycles. The summed E-state index contributed by atoms with van der Waals surface area (Å²) in [6.07, 6.45) is 21.3. The number of hydrogen-bond donors (Lipinski definition) is 0. The molecule has 0 saturated carbocycles. The Morgan fingerprint density at radius 1 is 0.390 bits per heavy atom. The molecule has 3 aliphatic heterocycles. The van der Waals surface area contributed by atoms with Gasteiger partial charge in [-0.1, -0.05) is 187 Å². The summed E-state index contributed by atoms with van der Waals surface area (Å²) in [5, 5.41) is 2.93. The molecule has 2 nitrogen and oxygen atoms in total. The molecule has 0 radical (unpaired) electrons. The SMILES string of the molecule is CC1(C)CCCC(C)(C)P1Cc1ccccc1CP(c1ccccn1)c1ccccn1.CC1(C)CCCC(C)(C)P1Cc1ccccc1CP1C(C)(C)CCCC1(C)C. The van der Waals surface area contributed by atoms with Crippen molar-refractivity contribution in [2.24, 2.45) is 0 Å². The van der Waals surface area contributed by atoms with Gasteiger partial charge in [-0.15, -0.1) is 0 Å². The summed E-state index contributed by atoms with van der Waals surface area (Å²) in [6, 6.07) is 31.2. The number of hydrogen-bond acceptors (Lipinski definition) is 2. The Labute approximate surface area is 366 Å². The second kappa shape index (κ2) is 19.1. The van der Waals surface area contributed by atoms with Gasteiger partial charge in [0.15, 0.2) is 0 Å². The normalized spacial score (nSPS) is 22.3. The van der Waals surface area contributed by atoms with Crippen molar-refractivity contribution in [3.8, 4) is 0 Å². The van der Waals surface area contributed by atoms with Crippen LogP contribution in [-0.4, -0.2) is 40.9 Å². The Kier molecular flexibility index (Phi) is 15.2. The first kappa shape index (κ1) is 47.0. The molecule has 0 N–H and O–H groups in total. The van der Waals surface area contributed by atoms with E-state index in [0.717, 1.165) is 17.0 Å². The van der Waals surface area contributed by atoms with Crippen molar-refractivity contribution in [2.75, 3.05) is 0 Å². The minimum absolute atomic E-state index is 0.0144. The minimum Gasteiger partial charge on any atom is -0.256 e. The van der Waals surface area contributed by atoms with E-state index in [0.29, 0.717) is 30.9 Å². The van der Waals surface area contributed by atoms with Crippen LogP contribution in [0.5, 0.6) is 0 Å². The lowest BCUT2D eigenvalue weighted by Crippen LogP contribution is -2.36. The fourth-order valence-electron chi connectivity index (χ4n) is 11.1. The Morgan fingerprint density at radius 3 is 0.949 bits per heavy atom. The van der Waals surface area contributed by atoms with Crippen LogP contribution in [0.3, 0.4) is 0 Å². The zero-order valence-corrected chi connectivity index (χ0v) is 42.7. The van der Waals surface area contributed by atoms with Gasteiger partial charge in [-0.3, -0.25) is 9.97 Å². The smallest absolute Gasteiger partial charge is 0.0695 e. The summed E-state index contributed by atoms with van der Waals surface area (Å²) in [7, 11) is -0.766. The van der Waals surface area contributed by atoms with Gasteiger partial charge < -0.3 is 0 Å². The van der Waals surface area contributed by atoms with Crippen molar-refractivity contribution in [2.45, 2.75) is 196 Å². The third-order valence-corrected chi connectivity index (χ3v) is 28.9. The number of aromatic nitrogens is 2. The van der Waals surface area contributed by atoms with Gasteiger partial charge in [0.2, 0.25) is 0 Å². The van der Waals surface area contributed by atoms with Gasteiger partial charge in [-0.2, -0.15) is 0 Å². The number of pyridine rings is 2. The summed E-state index contributed by atoms with van der Waals surface area (Å²) in [5.41, 5.74) is 8.69. The van der Waals surface area contributed by atoms with Gasteiger partial charge in [0.05, 0.1) is 10.9 Å². The zero-order valence-electron chi connectivity index (χ0n) is 39.1. The molecule has 0 unspecified atom stereocenters. The third-order valence-electron chi connectivity index (χ3n) is 14.5. The van der Waals surface area contributed by atoms with Crippen LogP contribution < -0.4 is 10.9 Å². The highest BCUT2D eigenvalue weighted by Crippen LogP contribution is 2.70. The summed E-state index contributed by atoms with van der Waals surface area (Å²) in [5.74, 6) is 0. The minimum atomic E-state index is -0.629. The van der Waals surface area contributed by atoms with Gasteiger partial charge in [0.1, 0.15) is 0 Å². The number of nitrogens with zero attached hydrogens (tertiary/aromatic N) is 2. The lowest BCUT2D eigenvalue weighted by atomic mass is 9.98. The highest BCUT2D eigenvalue weighted by Gasteiger charge is 2.46. The van der Waals surface area contributed by atoms with Crippen LogP contribution in [0.15, 0.2) is 97.3 Å². The second-order valence-electron chi connectivity index (χ2n) is 21.7. The Bertz CT molecular complexity index is 1800. The molecule has 3 aliphatic rings. The van der Waals surface area contributed by atoms with Crippen LogP contribution in [0.4, 0.5) is 0 Å². The van der Waals surface area contributed by atoms with Crippen LogP contribution in [0.25, 0.3) is 0 Å². The van der Waals surface area contributed by atoms with Crippen LogP contribution in [-0.2, 0) is 24.6 Å². The second-order valence-corrected chi connectivity index (χ2v) is 34.6. The van der Waals surface area contributed by atoms with Crippen LogP contribution in [0.2, 0.25) is 0 Å². The molecule has 7 rings (SSSR count). The van der Waals surface area contributed by atoms with E-state index >= 15 is 0 Å².